The summed E-state index contributed by atoms with van der Waals surface area (Å²) >= 11 is 0. The van der Waals surface area contributed by atoms with Crippen molar-refractivity contribution in [3.8, 4) is 0 Å². The molecule has 0 unspecified atom stereocenters. The van der Waals surface area contributed by atoms with Gasteiger partial charge >= 0.3 is 0 Å². The summed E-state index contributed by atoms with van der Waals surface area (Å²) in [7, 11) is 1.59. The molecule has 0 aliphatic carbocycles. The summed E-state index contributed by atoms with van der Waals surface area (Å²) in [4.78, 5) is 24.6. The van der Waals surface area contributed by atoms with E-state index < -0.39 is 5.92 Å². The lowest BCUT2D eigenvalue weighted by Gasteiger charge is -2.22. The molecule has 29 heavy (non-hydrogen) atoms. The minimum absolute atomic E-state index is 0.0822. The largest absolute Gasteiger partial charge is 0.359 e. The number of alkyl halides is 2. The number of amides is 2. The van der Waals surface area contributed by atoms with Crippen LogP contribution in [0.2, 0.25) is 0 Å². The fourth-order valence-electron chi connectivity index (χ4n) is 3.19. The maximum atomic E-state index is 13.6. The molecule has 7 heteroatoms. The molecule has 0 aliphatic heterocycles. The SMILES string of the molecule is CNC(=O)CCn1c(C(C)(C)C)cc(C(=O)Nc2cccc(C(C)(F)F)c2)c1C. The second-order valence-corrected chi connectivity index (χ2v) is 8.28. The van der Waals surface area contributed by atoms with Crippen LogP contribution in [0.3, 0.4) is 0 Å². The van der Waals surface area contributed by atoms with Crippen LogP contribution in [0, 0.1) is 6.92 Å². The smallest absolute Gasteiger partial charge is 0.270 e. The molecule has 0 bridgehead atoms. The second-order valence-electron chi connectivity index (χ2n) is 8.28. The molecule has 2 rings (SSSR count). The van der Waals surface area contributed by atoms with Crippen molar-refractivity contribution in [1.82, 2.24) is 9.88 Å². The van der Waals surface area contributed by atoms with E-state index in [4.69, 9.17) is 0 Å². The summed E-state index contributed by atoms with van der Waals surface area (Å²) < 4.78 is 29.1. The number of benzene rings is 1. The van der Waals surface area contributed by atoms with Crippen molar-refractivity contribution in [2.75, 3.05) is 12.4 Å². The van der Waals surface area contributed by atoms with E-state index >= 15 is 0 Å². The van der Waals surface area contributed by atoms with E-state index in [0.29, 0.717) is 24.2 Å². The molecule has 2 aromatic rings. The quantitative estimate of drug-likeness (QED) is 0.738. The van der Waals surface area contributed by atoms with Crippen LogP contribution in [0.15, 0.2) is 30.3 Å². The van der Waals surface area contributed by atoms with Gasteiger partial charge in [-0.2, -0.15) is 0 Å². The highest BCUT2D eigenvalue weighted by Crippen LogP contribution is 2.30. The zero-order chi connectivity index (χ0) is 22.0. The van der Waals surface area contributed by atoms with E-state index in [2.05, 4.69) is 10.6 Å². The lowest BCUT2D eigenvalue weighted by molar-refractivity contribution is -0.120. The Kier molecular flexibility index (Phi) is 6.50. The van der Waals surface area contributed by atoms with E-state index in [1.165, 1.54) is 18.2 Å². The highest BCUT2D eigenvalue weighted by molar-refractivity contribution is 6.05. The molecule has 1 aromatic heterocycles. The van der Waals surface area contributed by atoms with E-state index in [1.807, 2.05) is 38.3 Å². The Morgan fingerprint density at radius 3 is 2.31 bits per heavy atom. The zero-order valence-corrected chi connectivity index (χ0v) is 17.8. The van der Waals surface area contributed by atoms with Crippen LogP contribution in [0.25, 0.3) is 0 Å². The first kappa shape index (κ1) is 22.6. The molecule has 0 saturated heterocycles. The first-order valence-corrected chi connectivity index (χ1v) is 9.55. The Bertz CT molecular complexity index is 906. The van der Waals surface area contributed by atoms with Gasteiger partial charge in [-0.3, -0.25) is 9.59 Å². The standard InChI is InChI=1S/C22H29F2N3O2/c1-14-17(13-18(21(2,3)4)27(14)11-10-19(28)25-6)20(29)26-16-9-7-8-15(12-16)22(5,23)24/h7-9,12-13H,10-11H2,1-6H3,(H,25,28)(H,26,29). The van der Waals surface area contributed by atoms with Crippen LogP contribution in [-0.2, 0) is 22.7 Å². The van der Waals surface area contributed by atoms with E-state index in [1.54, 1.807) is 13.1 Å². The first-order chi connectivity index (χ1) is 13.3. The summed E-state index contributed by atoms with van der Waals surface area (Å²) in [5.41, 5.74) is 2.02. The zero-order valence-electron chi connectivity index (χ0n) is 17.8. The second kappa shape index (κ2) is 8.35. The number of hydrogen-bond acceptors (Lipinski definition) is 2. The third-order valence-corrected chi connectivity index (χ3v) is 4.85. The fourth-order valence-corrected chi connectivity index (χ4v) is 3.19. The van der Waals surface area contributed by atoms with Crippen LogP contribution in [-0.4, -0.2) is 23.4 Å². The number of carbonyl (C=O) groups is 2. The van der Waals surface area contributed by atoms with Crippen LogP contribution < -0.4 is 10.6 Å². The van der Waals surface area contributed by atoms with Gasteiger partial charge in [-0.1, -0.05) is 32.9 Å². The number of rotatable bonds is 6. The molecular formula is C22H29F2N3O2. The molecule has 1 heterocycles. The maximum absolute atomic E-state index is 13.6. The topological polar surface area (TPSA) is 63.1 Å². The summed E-state index contributed by atoms with van der Waals surface area (Å²) in [6.07, 6.45) is 0.295. The number of hydrogen-bond donors (Lipinski definition) is 2. The average Bonchev–Trinajstić information content (AvgIpc) is 2.96. The average molecular weight is 405 g/mol. The van der Waals surface area contributed by atoms with Crippen molar-refractivity contribution in [2.45, 2.75) is 58.9 Å². The summed E-state index contributed by atoms with van der Waals surface area (Å²) in [6.45, 7) is 9.19. The molecule has 2 N–H and O–H groups in total. The molecule has 158 valence electrons. The van der Waals surface area contributed by atoms with Crippen LogP contribution >= 0.6 is 0 Å². The van der Waals surface area contributed by atoms with E-state index in [9.17, 15) is 18.4 Å². The van der Waals surface area contributed by atoms with Crippen molar-refractivity contribution in [3.63, 3.8) is 0 Å². The van der Waals surface area contributed by atoms with Crippen molar-refractivity contribution >= 4 is 17.5 Å². The molecule has 0 aliphatic rings. The van der Waals surface area contributed by atoms with Gasteiger partial charge in [0.15, 0.2) is 0 Å². The predicted molar refractivity (Wildman–Crippen MR) is 111 cm³/mol. The minimum Gasteiger partial charge on any atom is -0.359 e. The highest BCUT2D eigenvalue weighted by Gasteiger charge is 2.26. The van der Waals surface area contributed by atoms with Crippen LogP contribution in [0.5, 0.6) is 0 Å². The lowest BCUT2D eigenvalue weighted by Crippen LogP contribution is -2.23. The van der Waals surface area contributed by atoms with Crippen molar-refractivity contribution in [1.29, 1.82) is 0 Å². The Labute approximate surface area is 170 Å². The third kappa shape index (κ3) is 5.43. The van der Waals surface area contributed by atoms with Gasteiger partial charge in [-0.15, -0.1) is 0 Å². The number of halogens is 2. The van der Waals surface area contributed by atoms with Gasteiger partial charge in [0.25, 0.3) is 11.8 Å². The molecule has 1 aromatic carbocycles. The minimum atomic E-state index is -2.99. The molecular weight excluding hydrogens is 376 g/mol. The van der Waals surface area contributed by atoms with Crippen molar-refractivity contribution in [3.05, 3.63) is 52.8 Å². The van der Waals surface area contributed by atoms with Gasteiger partial charge in [0.1, 0.15) is 0 Å². The Balaban J connectivity index is 2.35. The van der Waals surface area contributed by atoms with Crippen LogP contribution in [0.1, 0.15) is 61.4 Å². The monoisotopic (exact) mass is 405 g/mol. The van der Waals surface area contributed by atoms with E-state index in [-0.39, 0.29) is 22.8 Å². The Morgan fingerprint density at radius 2 is 1.76 bits per heavy atom. The molecule has 5 nitrogen and oxygen atoms in total. The van der Waals surface area contributed by atoms with Crippen LogP contribution in [0.4, 0.5) is 14.5 Å². The third-order valence-electron chi connectivity index (χ3n) is 4.85. The molecule has 2 amide bonds. The number of nitrogens with one attached hydrogen (secondary N) is 2. The number of carbonyl (C=O) groups excluding carboxylic acids is 2. The number of nitrogens with zero attached hydrogens (tertiary/aromatic N) is 1. The summed E-state index contributed by atoms with van der Waals surface area (Å²) in [5, 5.41) is 5.31. The fraction of sp³-hybridized carbons (Fsp3) is 0.455. The predicted octanol–water partition coefficient (Wildman–Crippen LogP) is 4.59. The Morgan fingerprint density at radius 1 is 1.10 bits per heavy atom. The van der Waals surface area contributed by atoms with E-state index in [0.717, 1.165) is 18.3 Å². The molecule has 0 spiro atoms. The number of aromatic nitrogens is 1. The summed E-state index contributed by atoms with van der Waals surface area (Å²) in [6, 6.07) is 7.49. The highest BCUT2D eigenvalue weighted by atomic mass is 19.3. The van der Waals surface area contributed by atoms with Gasteiger partial charge in [-0.05, 0) is 25.1 Å². The molecule has 0 radical (unpaired) electrons. The van der Waals surface area contributed by atoms with Gasteiger partial charge in [0.05, 0.1) is 5.56 Å². The Hall–Kier alpha value is -2.70. The normalized spacial score (nSPS) is 12.0. The van der Waals surface area contributed by atoms with Crippen molar-refractivity contribution < 1.29 is 18.4 Å². The lowest BCUT2D eigenvalue weighted by atomic mass is 9.91. The summed E-state index contributed by atoms with van der Waals surface area (Å²) in [5.74, 6) is -3.44. The van der Waals surface area contributed by atoms with Gasteiger partial charge in [-0.25, -0.2) is 8.78 Å². The molecule has 0 saturated carbocycles. The first-order valence-electron chi connectivity index (χ1n) is 9.55. The van der Waals surface area contributed by atoms with Crippen molar-refractivity contribution in [2.24, 2.45) is 0 Å². The van der Waals surface area contributed by atoms with Gasteiger partial charge in [0.2, 0.25) is 5.91 Å². The number of anilines is 1. The maximum Gasteiger partial charge on any atom is 0.270 e. The van der Waals surface area contributed by atoms with Gasteiger partial charge < -0.3 is 15.2 Å². The van der Waals surface area contributed by atoms with Gasteiger partial charge in [0, 0.05) is 55.0 Å². The molecule has 0 atom stereocenters. The molecule has 0 fully saturated rings.